The lowest BCUT2D eigenvalue weighted by molar-refractivity contribution is 0.0932. The summed E-state index contributed by atoms with van der Waals surface area (Å²) in [4.78, 5) is 17.0. The lowest BCUT2D eigenvalue weighted by atomic mass is 9.87. The second kappa shape index (κ2) is 8.57. The summed E-state index contributed by atoms with van der Waals surface area (Å²) < 4.78 is 15.8. The Bertz CT molecular complexity index is 1020. The Kier molecular flexibility index (Phi) is 6.10. The highest BCUT2D eigenvalue weighted by molar-refractivity contribution is 5.95. The van der Waals surface area contributed by atoms with Gasteiger partial charge in [0.1, 0.15) is 6.04 Å². The van der Waals surface area contributed by atoms with Gasteiger partial charge >= 0.3 is 0 Å². The lowest BCUT2D eigenvalue weighted by Crippen LogP contribution is -2.26. The minimum Gasteiger partial charge on any atom is -0.493 e. The van der Waals surface area contributed by atoms with Crippen LogP contribution in [0, 0.1) is 0 Å². The molecule has 0 aliphatic rings. The number of nitrogens with zero attached hydrogens (tertiary/aromatic N) is 2. The van der Waals surface area contributed by atoms with Crippen LogP contribution in [0.4, 0.5) is 0 Å². The maximum Gasteiger partial charge on any atom is 0.252 e. The predicted molar refractivity (Wildman–Crippen MR) is 114 cm³/mol. The minimum atomic E-state index is -0.458. The van der Waals surface area contributed by atoms with Crippen LogP contribution in [0.5, 0.6) is 11.5 Å². The van der Waals surface area contributed by atoms with Crippen molar-refractivity contribution in [2.24, 2.45) is 0 Å². The Labute approximate surface area is 176 Å². The van der Waals surface area contributed by atoms with Crippen LogP contribution in [0.2, 0.25) is 0 Å². The summed E-state index contributed by atoms with van der Waals surface area (Å²) in [5.74, 6) is 1.58. The zero-order valence-corrected chi connectivity index (χ0v) is 18.1. The number of nitrogens with one attached hydrogen (secondary N) is 1. The number of ether oxygens (including phenoxy) is 2. The maximum atomic E-state index is 12.6. The van der Waals surface area contributed by atoms with E-state index in [0.29, 0.717) is 28.8 Å². The van der Waals surface area contributed by atoms with Crippen LogP contribution < -0.4 is 14.8 Å². The minimum absolute atomic E-state index is 0.0733. The van der Waals surface area contributed by atoms with E-state index < -0.39 is 6.04 Å². The molecular formula is C23H27N3O4. The Morgan fingerprint density at radius 2 is 1.70 bits per heavy atom. The Morgan fingerprint density at radius 1 is 1.03 bits per heavy atom. The number of aromatic nitrogens is 2. The van der Waals surface area contributed by atoms with Crippen molar-refractivity contribution >= 4 is 5.91 Å². The van der Waals surface area contributed by atoms with Crippen molar-refractivity contribution in [3.8, 4) is 22.9 Å². The van der Waals surface area contributed by atoms with Crippen LogP contribution in [0.1, 0.15) is 55.5 Å². The van der Waals surface area contributed by atoms with Crippen LogP contribution in [0.15, 0.2) is 47.0 Å². The van der Waals surface area contributed by atoms with Crippen LogP contribution in [-0.2, 0) is 5.41 Å². The van der Waals surface area contributed by atoms with E-state index in [1.807, 2.05) is 12.1 Å². The topological polar surface area (TPSA) is 86.5 Å². The van der Waals surface area contributed by atoms with E-state index in [-0.39, 0.29) is 11.3 Å². The number of carbonyl (C=O) groups excluding carboxylic acids is 1. The predicted octanol–water partition coefficient (Wildman–Crippen LogP) is 4.54. The summed E-state index contributed by atoms with van der Waals surface area (Å²) in [6.45, 7) is 8.28. The van der Waals surface area contributed by atoms with Crippen molar-refractivity contribution in [2.75, 3.05) is 14.2 Å². The van der Waals surface area contributed by atoms with Gasteiger partial charge < -0.3 is 19.3 Å². The van der Waals surface area contributed by atoms with Crippen molar-refractivity contribution in [3.05, 3.63) is 59.5 Å². The number of benzene rings is 2. The van der Waals surface area contributed by atoms with Gasteiger partial charge in [0.2, 0.25) is 11.7 Å². The Hall–Kier alpha value is -3.35. The third-order valence-electron chi connectivity index (χ3n) is 4.81. The fourth-order valence-electron chi connectivity index (χ4n) is 2.97. The van der Waals surface area contributed by atoms with Crippen LogP contribution >= 0.6 is 0 Å². The van der Waals surface area contributed by atoms with Gasteiger partial charge in [0, 0.05) is 11.1 Å². The summed E-state index contributed by atoms with van der Waals surface area (Å²) in [5.41, 5.74) is 2.60. The van der Waals surface area contributed by atoms with Crippen LogP contribution in [0.25, 0.3) is 11.4 Å². The fraction of sp³-hybridized carbons (Fsp3) is 0.348. The Morgan fingerprint density at radius 3 is 2.30 bits per heavy atom. The van der Waals surface area contributed by atoms with E-state index in [0.717, 1.165) is 5.56 Å². The molecule has 0 saturated heterocycles. The average Bonchev–Trinajstić information content (AvgIpc) is 3.23. The quantitative estimate of drug-likeness (QED) is 0.643. The molecule has 2 aromatic carbocycles. The van der Waals surface area contributed by atoms with E-state index in [9.17, 15) is 4.79 Å². The van der Waals surface area contributed by atoms with Crippen LogP contribution in [-0.4, -0.2) is 30.3 Å². The van der Waals surface area contributed by atoms with E-state index >= 15 is 0 Å². The third kappa shape index (κ3) is 4.62. The number of hydrogen-bond acceptors (Lipinski definition) is 6. The van der Waals surface area contributed by atoms with Gasteiger partial charge in [0.15, 0.2) is 11.5 Å². The zero-order valence-electron chi connectivity index (χ0n) is 18.1. The maximum absolute atomic E-state index is 12.6. The molecule has 1 aromatic heterocycles. The van der Waals surface area contributed by atoms with Crippen molar-refractivity contribution < 1.29 is 18.8 Å². The monoisotopic (exact) mass is 409 g/mol. The molecule has 0 spiro atoms. The first-order valence-electron chi connectivity index (χ1n) is 9.70. The van der Waals surface area contributed by atoms with Crippen molar-refractivity contribution in [3.63, 3.8) is 0 Å². The van der Waals surface area contributed by atoms with Crippen molar-refractivity contribution in [2.45, 2.75) is 39.2 Å². The molecule has 1 N–H and O–H groups in total. The molecule has 3 aromatic rings. The van der Waals surface area contributed by atoms with Gasteiger partial charge in [-0.25, -0.2) is 0 Å². The number of carbonyl (C=O) groups is 1. The molecule has 0 radical (unpaired) electrons. The molecule has 3 rings (SSSR count). The molecule has 1 atom stereocenters. The molecule has 1 unspecified atom stereocenters. The average molecular weight is 409 g/mol. The van der Waals surface area contributed by atoms with E-state index in [4.69, 9.17) is 14.0 Å². The second-order valence-electron chi connectivity index (χ2n) is 8.05. The molecule has 0 fully saturated rings. The largest absolute Gasteiger partial charge is 0.493 e. The highest BCUT2D eigenvalue weighted by Crippen LogP contribution is 2.28. The van der Waals surface area contributed by atoms with E-state index in [1.165, 1.54) is 12.7 Å². The van der Waals surface area contributed by atoms with Gasteiger partial charge in [0.25, 0.3) is 5.91 Å². The fourth-order valence-corrected chi connectivity index (χ4v) is 2.97. The van der Waals surface area contributed by atoms with Gasteiger partial charge in [-0.1, -0.05) is 50.2 Å². The first-order chi connectivity index (χ1) is 14.2. The lowest BCUT2D eigenvalue weighted by Gasteiger charge is -2.18. The highest BCUT2D eigenvalue weighted by atomic mass is 16.5. The smallest absolute Gasteiger partial charge is 0.252 e. The van der Waals surface area contributed by atoms with Crippen molar-refractivity contribution in [1.29, 1.82) is 0 Å². The van der Waals surface area contributed by atoms with E-state index in [2.05, 4.69) is 48.4 Å². The first kappa shape index (κ1) is 21.4. The molecule has 1 amide bonds. The molecule has 7 nitrogen and oxygen atoms in total. The van der Waals surface area contributed by atoms with Crippen molar-refractivity contribution in [1.82, 2.24) is 15.5 Å². The number of amides is 1. The summed E-state index contributed by atoms with van der Waals surface area (Å²) in [5, 5.41) is 6.92. The molecule has 0 aliphatic heterocycles. The zero-order chi connectivity index (χ0) is 21.9. The Balaban J connectivity index is 1.72. The van der Waals surface area contributed by atoms with Crippen LogP contribution in [0.3, 0.4) is 0 Å². The second-order valence-corrected chi connectivity index (χ2v) is 8.05. The van der Waals surface area contributed by atoms with Gasteiger partial charge in [-0.05, 0) is 36.1 Å². The number of methoxy groups -OCH3 is 2. The van der Waals surface area contributed by atoms with Gasteiger partial charge in [-0.3, -0.25) is 4.79 Å². The summed E-state index contributed by atoms with van der Waals surface area (Å²) >= 11 is 0. The summed E-state index contributed by atoms with van der Waals surface area (Å²) in [6, 6.07) is 12.6. The summed E-state index contributed by atoms with van der Waals surface area (Å²) in [6.07, 6.45) is 0. The van der Waals surface area contributed by atoms with Gasteiger partial charge in [0.05, 0.1) is 14.2 Å². The first-order valence-corrected chi connectivity index (χ1v) is 9.70. The molecule has 7 heteroatoms. The number of rotatable bonds is 6. The SMILES string of the molecule is COc1ccc(C(=O)NC(C)c2nc(-c3ccc(C(C)(C)C)cc3)no2)cc1OC. The molecular weight excluding hydrogens is 382 g/mol. The summed E-state index contributed by atoms with van der Waals surface area (Å²) in [7, 11) is 3.07. The standard InChI is InChI=1S/C23H27N3O4/c1-14(24-21(27)16-9-12-18(28-5)19(13-16)29-6)22-25-20(26-30-22)15-7-10-17(11-8-15)23(2,3)4/h7-14H,1-6H3,(H,24,27). The number of hydrogen-bond donors (Lipinski definition) is 1. The molecule has 0 aliphatic carbocycles. The molecule has 0 bridgehead atoms. The molecule has 0 saturated carbocycles. The third-order valence-corrected chi connectivity index (χ3v) is 4.81. The normalized spacial score (nSPS) is 12.3. The highest BCUT2D eigenvalue weighted by Gasteiger charge is 2.20. The van der Waals surface area contributed by atoms with Gasteiger partial charge in [-0.15, -0.1) is 0 Å². The van der Waals surface area contributed by atoms with E-state index in [1.54, 1.807) is 32.2 Å². The molecule has 158 valence electrons. The molecule has 30 heavy (non-hydrogen) atoms. The molecule has 1 heterocycles. The van der Waals surface area contributed by atoms with Gasteiger partial charge in [-0.2, -0.15) is 4.98 Å².